The van der Waals surface area contributed by atoms with Gasteiger partial charge in [0.2, 0.25) is 18.9 Å². The van der Waals surface area contributed by atoms with E-state index in [1.807, 2.05) is 0 Å². The molecule has 52 heavy (non-hydrogen) atoms. The van der Waals surface area contributed by atoms with Gasteiger partial charge < -0.3 is 91.9 Å². The van der Waals surface area contributed by atoms with Crippen LogP contribution in [-0.4, -0.2) is 181 Å². The maximum atomic E-state index is 11.1. The van der Waals surface area contributed by atoms with Crippen LogP contribution in [0.5, 0.6) is 0 Å². The van der Waals surface area contributed by atoms with E-state index >= 15 is 0 Å². The van der Waals surface area contributed by atoms with E-state index in [2.05, 4.69) is 28.4 Å². The van der Waals surface area contributed by atoms with Crippen LogP contribution in [0, 0.1) is 0 Å². The van der Waals surface area contributed by atoms with Crippen LogP contribution in [0.3, 0.4) is 0 Å². The van der Waals surface area contributed by atoms with Gasteiger partial charge in [-0.15, -0.1) is 0 Å². The number of rotatable bonds is 6. The van der Waals surface area contributed by atoms with Crippen molar-refractivity contribution >= 4 is 53.7 Å². The second kappa shape index (κ2) is 28.0. The van der Waals surface area contributed by atoms with E-state index in [9.17, 15) is 58.5 Å². The zero-order chi connectivity index (χ0) is 36.4. The molecular formula is C24H39FeN6O21. The predicted molar refractivity (Wildman–Crippen MR) is 149 cm³/mol. The molecule has 0 spiro atoms. The average molecular weight is 803 g/mol. The van der Waals surface area contributed by atoms with Gasteiger partial charge >= 0.3 is 52.9 Å². The van der Waals surface area contributed by atoms with E-state index in [1.165, 1.54) is 0 Å². The number of hydrogen-bond donors (Lipinski definition) is 6. The molecule has 12 N–H and O–H groups in total. The van der Waals surface area contributed by atoms with Crippen molar-refractivity contribution in [1.29, 1.82) is 0 Å². The molecule has 3 saturated heterocycles. The Morgan fingerprint density at radius 2 is 0.673 bits per heavy atom. The molecule has 3 rings (SSSR count). The minimum Gasteiger partial charge on any atom is -0.549 e. The molecule has 3 atom stereocenters. The van der Waals surface area contributed by atoms with Gasteiger partial charge in [-0.1, -0.05) is 0 Å². The van der Waals surface area contributed by atoms with Gasteiger partial charge in [-0.3, -0.25) is 43.5 Å². The van der Waals surface area contributed by atoms with Crippen LogP contribution in [0.4, 0.5) is 0 Å². The maximum absolute atomic E-state index is 11.1. The summed E-state index contributed by atoms with van der Waals surface area (Å²) in [7, 11) is 0. The van der Waals surface area contributed by atoms with Gasteiger partial charge in [-0.2, -0.15) is 0 Å². The topological polar surface area (TPSA) is 454 Å². The number of ether oxygens (including phenoxy) is 6. The number of hydrogen-bond acceptors (Lipinski definition) is 27. The van der Waals surface area contributed by atoms with Gasteiger partial charge in [0.25, 0.3) is 0 Å². The Balaban J connectivity index is -0.000000320. The number of carboxylic acids is 3. The Bertz CT molecular complexity index is 1070. The van der Waals surface area contributed by atoms with Crippen molar-refractivity contribution in [3.05, 3.63) is 0 Å². The Hall–Kier alpha value is -4.61. The van der Waals surface area contributed by atoms with Crippen LogP contribution < -0.4 is 33.8 Å². The summed E-state index contributed by atoms with van der Waals surface area (Å²) in [5.74, 6) is -9.07. The zero-order valence-corrected chi connectivity index (χ0v) is 28.3. The molecule has 0 amide bonds. The monoisotopic (exact) mass is 803 g/mol. The molecule has 0 aromatic rings. The molecular weight excluding hydrogens is 764 g/mol. The van der Waals surface area contributed by atoms with Crippen molar-refractivity contribution in [1.82, 2.24) is 33.2 Å². The fraction of sp³-hybridized carbons (Fsp3) is 0.625. The van der Waals surface area contributed by atoms with Crippen LogP contribution in [0.2, 0.25) is 0 Å². The number of nitrogens with zero attached hydrogens (tertiary/aromatic N) is 3. The van der Waals surface area contributed by atoms with Gasteiger partial charge in [0.1, 0.15) is 0 Å². The van der Waals surface area contributed by atoms with Crippen molar-refractivity contribution in [2.75, 3.05) is 78.7 Å². The largest absolute Gasteiger partial charge is 3.00 e. The van der Waals surface area contributed by atoms with Gasteiger partial charge in [-0.05, 0) is 0 Å². The molecule has 0 saturated carbocycles. The van der Waals surface area contributed by atoms with Gasteiger partial charge in [-0.25, -0.2) is 0 Å². The molecule has 3 unspecified atom stereocenters. The first kappa shape index (κ1) is 54.2. The van der Waals surface area contributed by atoms with Gasteiger partial charge in [0, 0.05) is 19.6 Å². The third-order valence-electron chi connectivity index (χ3n) is 5.14. The summed E-state index contributed by atoms with van der Waals surface area (Å²) >= 11 is 0. The summed E-state index contributed by atoms with van der Waals surface area (Å²) in [5.41, 5.74) is 0. The molecule has 0 bridgehead atoms. The third kappa shape index (κ3) is 26.2. The van der Waals surface area contributed by atoms with Gasteiger partial charge in [0.05, 0.1) is 57.2 Å². The first-order valence-electron chi connectivity index (χ1n) is 13.3. The molecule has 28 heteroatoms. The minimum atomic E-state index is -1.53. The molecule has 1 radical (unpaired) electrons. The first-order chi connectivity index (χ1) is 22.4. The van der Waals surface area contributed by atoms with Gasteiger partial charge in [0.15, 0.2) is 19.8 Å². The van der Waals surface area contributed by atoms with Crippen molar-refractivity contribution in [3.8, 4) is 0 Å². The summed E-state index contributed by atoms with van der Waals surface area (Å²) in [6.45, 7) is -5.63. The molecule has 0 aromatic carbocycles. The molecule has 3 aliphatic heterocycles. The Labute approximate surface area is 303 Å². The van der Waals surface area contributed by atoms with Crippen LogP contribution >= 0.6 is 0 Å². The second-order valence-electron chi connectivity index (χ2n) is 9.43. The zero-order valence-electron chi connectivity index (χ0n) is 27.2. The number of aliphatic hydroxyl groups excluding tert-OH is 3. The van der Waals surface area contributed by atoms with E-state index in [0.29, 0.717) is 0 Å². The number of carbonyl (C=O) groups excluding carboxylic acids is 9. The number of aliphatic hydroxyl groups is 3. The predicted octanol–water partition coefficient (Wildman–Crippen LogP) is -10.1. The summed E-state index contributed by atoms with van der Waals surface area (Å²) in [6, 6.07) is 0. The Morgan fingerprint density at radius 1 is 0.481 bits per heavy atom. The fourth-order valence-corrected chi connectivity index (χ4v) is 3.44. The summed E-state index contributed by atoms with van der Waals surface area (Å²) < 4.78 is 26.8. The Kier molecular flexibility index (Phi) is 29.2. The smallest absolute Gasteiger partial charge is 0.549 e. The van der Waals surface area contributed by atoms with Crippen LogP contribution in [0.15, 0.2) is 0 Å². The quantitative estimate of drug-likeness (QED) is 0.0824. The van der Waals surface area contributed by atoms with Crippen LogP contribution in [0.25, 0.3) is 0 Å². The number of carboxylic acid groups (broad SMARTS) is 3. The van der Waals surface area contributed by atoms with E-state index in [1.54, 1.807) is 0 Å². The molecule has 299 valence electrons. The number of carbonyl (C=O) groups is 9. The van der Waals surface area contributed by atoms with E-state index in [-0.39, 0.29) is 55.2 Å². The van der Waals surface area contributed by atoms with Crippen LogP contribution in [0.1, 0.15) is 0 Å². The van der Waals surface area contributed by atoms with Crippen molar-refractivity contribution in [2.45, 2.75) is 18.9 Å². The summed E-state index contributed by atoms with van der Waals surface area (Å²) in [6.07, 6.45) is -4.59. The van der Waals surface area contributed by atoms with Crippen molar-refractivity contribution < 1.29 is 119 Å². The molecule has 27 nitrogen and oxygen atoms in total. The summed E-state index contributed by atoms with van der Waals surface area (Å²) in [5, 5.41) is 58.1. The average Bonchev–Trinajstić information content (AvgIpc) is 3.05. The standard InChI is InChI=1S/3C8H11NO7.Fe.3H3N/c3*10-5(11)1-9-2-6(12)15-4-8(14)16-7(13)3-9;;;;/h3*8,14H,1-4H2,(H,10,11);;3*1H3/q;;;+3;;;/p-3. The van der Waals surface area contributed by atoms with Crippen LogP contribution in [-0.2, 0) is 88.6 Å². The SMILES string of the molecule is N.N.N.O=C([O-])CN1CC(=O)OCC(O)OC(=O)C1.O=C([O-])CN1CC(=O)OCC(O)OC(=O)C1.O=C([O-])CN1CC(=O)OCC(O)OC(=O)C1.[Fe+3]. The van der Waals surface area contributed by atoms with E-state index < -0.39 is 132 Å². The third-order valence-corrected chi connectivity index (χ3v) is 5.14. The minimum absolute atomic E-state index is 0. The van der Waals surface area contributed by atoms with Crippen molar-refractivity contribution in [3.63, 3.8) is 0 Å². The van der Waals surface area contributed by atoms with E-state index in [0.717, 1.165) is 14.7 Å². The summed E-state index contributed by atoms with van der Waals surface area (Å²) in [4.78, 5) is 100. The molecule has 3 aliphatic rings. The van der Waals surface area contributed by atoms with Crippen molar-refractivity contribution in [2.24, 2.45) is 0 Å². The molecule has 3 fully saturated rings. The number of cyclic esters (lactones) is 6. The molecule has 0 aliphatic carbocycles. The molecule has 0 aromatic heterocycles. The maximum Gasteiger partial charge on any atom is 3.00 e. The molecule has 3 heterocycles. The second-order valence-corrected chi connectivity index (χ2v) is 9.43. The van der Waals surface area contributed by atoms with E-state index in [4.69, 9.17) is 15.3 Å². The number of aliphatic carboxylic acids is 3. The Morgan fingerprint density at radius 3 is 0.865 bits per heavy atom. The number of esters is 6. The fourth-order valence-electron chi connectivity index (χ4n) is 3.44. The first-order valence-corrected chi connectivity index (χ1v) is 13.3. The normalized spacial score (nSPS) is 21.9.